The van der Waals surface area contributed by atoms with E-state index in [-0.39, 0.29) is 14.5 Å². The molecule has 5 nitrogen and oxygen atoms in total. The molecular formula is C17H16N4OSe. The molecule has 1 aliphatic carbocycles. The summed E-state index contributed by atoms with van der Waals surface area (Å²) in [6.45, 7) is 3.31. The average Bonchev–Trinajstić information content (AvgIpc) is 3.01. The molecule has 0 amide bonds. The van der Waals surface area contributed by atoms with Crippen molar-refractivity contribution in [2.45, 2.75) is 12.8 Å². The zero-order valence-electron chi connectivity index (χ0n) is 12.7. The van der Waals surface area contributed by atoms with Crippen molar-refractivity contribution in [1.29, 1.82) is 0 Å². The number of fused-ring (bicyclic) bond motifs is 5. The van der Waals surface area contributed by atoms with E-state index in [1.165, 1.54) is 25.4 Å². The number of anilines is 1. The molecule has 2 aromatic heterocycles. The van der Waals surface area contributed by atoms with E-state index in [0.29, 0.717) is 0 Å². The molecule has 0 spiro atoms. The number of ether oxygens (including phenoxy) is 1. The fraction of sp³-hybridized carbons (Fsp3) is 0.353. The second-order valence-electron chi connectivity index (χ2n) is 5.96. The predicted molar refractivity (Wildman–Crippen MR) is 90.1 cm³/mol. The van der Waals surface area contributed by atoms with Crippen LogP contribution in [-0.4, -0.2) is 56.2 Å². The van der Waals surface area contributed by atoms with Crippen molar-refractivity contribution in [3.05, 3.63) is 35.4 Å². The van der Waals surface area contributed by atoms with Gasteiger partial charge in [-0.25, -0.2) is 0 Å². The Kier molecular flexibility index (Phi) is 3.21. The van der Waals surface area contributed by atoms with Crippen molar-refractivity contribution in [1.82, 2.24) is 15.4 Å². The summed E-state index contributed by atoms with van der Waals surface area (Å²) in [4.78, 5) is 2.31. The van der Waals surface area contributed by atoms with Gasteiger partial charge in [0.15, 0.2) is 0 Å². The van der Waals surface area contributed by atoms with Gasteiger partial charge in [-0.15, -0.1) is 0 Å². The van der Waals surface area contributed by atoms with Crippen LogP contribution in [0.3, 0.4) is 0 Å². The zero-order valence-corrected chi connectivity index (χ0v) is 14.4. The molecule has 1 saturated heterocycles. The Morgan fingerprint density at radius 3 is 2.83 bits per heavy atom. The summed E-state index contributed by atoms with van der Waals surface area (Å²) < 4.78 is 8.28. The Labute approximate surface area is 140 Å². The number of benzene rings is 1. The number of nitrogens with zero attached hydrogens (tertiary/aromatic N) is 4. The minimum absolute atomic E-state index is 0.262. The van der Waals surface area contributed by atoms with Gasteiger partial charge in [-0.1, -0.05) is 0 Å². The number of rotatable bonds is 1. The van der Waals surface area contributed by atoms with Crippen LogP contribution in [-0.2, 0) is 17.6 Å². The fourth-order valence-electron chi connectivity index (χ4n) is 3.52. The van der Waals surface area contributed by atoms with Gasteiger partial charge in [0.05, 0.1) is 0 Å². The molecule has 0 unspecified atom stereocenters. The number of hydrogen-bond donors (Lipinski definition) is 0. The number of aromatic nitrogens is 3. The Hall–Kier alpha value is -1.75. The monoisotopic (exact) mass is 372 g/mol. The van der Waals surface area contributed by atoms with E-state index in [1.807, 2.05) is 0 Å². The van der Waals surface area contributed by atoms with Crippen LogP contribution in [0.25, 0.3) is 19.8 Å². The van der Waals surface area contributed by atoms with Gasteiger partial charge < -0.3 is 0 Å². The molecule has 116 valence electrons. The van der Waals surface area contributed by atoms with Crippen molar-refractivity contribution in [2.24, 2.45) is 0 Å². The molecule has 3 heterocycles. The molecular weight excluding hydrogens is 355 g/mol. The Morgan fingerprint density at radius 1 is 1.04 bits per heavy atom. The topological polar surface area (TPSA) is 51.1 Å². The number of morpholine rings is 1. The van der Waals surface area contributed by atoms with E-state index in [0.717, 1.165) is 50.5 Å². The van der Waals surface area contributed by atoms with Crippen LogP contribution in [0, 0.1) is 0 Å². The van der Waals surface area contributed by atoms with E-state index < -0.39 is 0 Å². The van der Waals surface area contributed by atoms with Gasteiger partial charge >= 0.3 is 140 Å². The minimum atomic E-state index is 0.262. The SMILES string of the molecule is c1ccc2c(c1)CCc1c-2[se]c2c(N3CCOCC3)nnnc12. The molecule has 2 aliphatic rings. The summed E-state index contributed by atoms with van der Waals surface area (Å²) in [6.07, 6.45) is 2.17. The molecule has 3 aromatic rings. The number of aryl methyl sites for hydroxylation is 2. The van der Waals surface area contributed by atoms with Crippen LogP contribution in [0.4, 0.5) is 5.82 Å². The van der Waals surface area contributed by atoms with Gasteiger partial charge in [0.25, 0.3) is 0 Å². The molecule has 0 radical (unpaired) electrons. The molecule has 23 heavy (non-hydrogen) atoms. The summed E-state index contributed by atoms with van der Waals surface area (Å²) >= 11 is 0.262. The summed E-state index contributed by atoms with van der Waals surface area (Å²) in [7, 11) is 0. The first-order valence-electron chi connectivity index (χ1n) is 7.97. The molecule has 1 aliphatic heterocycles. The predicted octanol–water partition coefficient (Wildman–Crippen LogP) is 1.68. The van der Waals surface area contributed by atoms with Crippen LogP contribution in [0.5, 0.6) is 0 Å². The van der Waals surface area contributed by atoms with Crippen molar-refractivity contribution in [3.8, 4) is 10.0 Å². The average molecular weight is 371 g/mol. The second kappa shape index (κ2) is 5.41. The third kappa shape index (κ3) is 2.13. The normalized spacial score (nSPS) is 17.1. The Bertz CT molecular complexity index is 885. The third-order valence-electron chi connectivity index (χ3n) is 4.68. The van der Waals surface area contributed by atoms with Gasteiger partial charge in [0, 0.05) is 0 Å². The van der Waals surface area contributed by atoms with Crippen LogP contribution >= 0.6 is 0 Å². The molecule has 0 bridgehead atoms. The Balaban J connectivity index is 1.72. The molecule has 0 N–H and O–H groups in total. The first-order valence-corrected chi connectivity index (χ1v) is 9.69. The van der Waals surface area contributed by atoms with Crippen LogP contribution in [0.15, 0.2) is 24.3 Å². The van der Waals surface area contributed by atoms with E-state index in [9.17, 15) is 0 Å². The first kappa shape index (κ1) is 13.7. The third-order valence-corrected chi connectivity index (χ3v) is 7.31. The zero-order chi connectivity index (χ0) is 15.2. The van der Waals surface area contributed by atoms with Crippen molar-refractivity contribution in [2.75, 3.05) is 31.2 Å². The fourth-order valence-corrected chi connectivity index (χ4v) is 6.37. The van der Waals surface area contributed by atoms with Crippen LogP contribution in [0.1, 0.15) is 11.1 Å². The van der Waals surface area contributed by atoms with E-state index in [2.05, 4.69) is 44.6 Å². The van der Waals surface area contributed by atoms with E-state index in [1.54, 1.807) is 0 Å². The molecule has 1 fully saturated rings. The molecule has 0 saturated carbocycles. The van der Waals surface area contributed by atoms with Gasteiger partial charge in [-0.2, -0.15) is 0 Å². The van der Waals surface area contributed by atoms with Crippen molar-refractivity contribution < 1.29 is 4.74 Å². The van der Waals surface area contributed by atoms with Crippen LogP contribution in [0.2, 0.25) is 0 Å². The van der Waals surface area contributed by atoms with E-state index >= 15 is 0 Å². The number of hydrogen-bond acceptors (Lipinski definition) is 5. The summed E-state index contributed by atoms with van der Waals surface area (Å²) in [6, 6.07) is 8.79. The van der Waals surface area contributed by atoms with Gasteiger partial charge in [0.1, 0.15) is 0 Å². The standard InChI is InChI=1S/C17H16N4OSe/c1-2-4-12-11(3-1)5-6-13-14-16(23-15(12)13)17(19-20-18-14)21-7-9-22-10-8-21/h1-4H,5-10H2. The molecule has 0 atom stereocenters. The van der Waals surface area contributed by atoms with Gasteiger partial charge in [-0.3, -0.25) is 0 Å². The Morgan fingerprint density at radius 2 is 1.91 bits per heavy atom. The van der Waals surface area contributed by atoms with Crippen molar-refractivity contribution >= 4 is 30.1 Å². The summed E-state index contributed by atoms with van der Waals surface area (Å²) in [5, 5.41) is 12.9. The quantitative estimate of drug-likeness (QED) is 0.610. The first-order chi connectivity index (χ1) is 11.4. The molecule has 1 aromatic carbocycles. The maximum absolute atomic E-state index is 5.47. The van der Waals surface area contributed by atoms with Gasteiger partial charge in [0.2, 0.25) is 0 Å². The second-order valence-corrected chi connectivity index (χ2v) is 8.10. The molecule has 5 rings (SSSR count). The summed E-state index contributed by atoms with van der Waals surface area (Å²) in [5.41, 5.74) is 5.39. The molecule has 6 heteroatoms. The van der Waals surface area contributed by atoms with Crippen LogP contribution < -0.4 is 4.90 Å². The van der Waals surface area contributed by atoms with Gasteiger partial charge in [-0.05, 0) is 0 Å². The van der Waals surface area contributed by atoms with E-state index in [4.69, 9.17) is 4.74 Å². The van der Waals surface area contributed by atoms with Crippen molar-refractivity contribution in [3.63, 3.8) is 0 Å². The maximum atomic E-state index is 5.47. The summed E-state index contributed by atoms with van der Waals surface area (Å²) in [5.74, 6) is 1.03.